The van der Waals surface area contributed by atoms with Crippen molar-refractivity contribution in [2.45, 2.75) is 347 Å². The Morgan fingerprint density at radius 3 is 0.871 bits per heavy atom. The number of nitrogens with two attached hydrogens (primary N) is 1. The molecule has 2 unspecified atom stereocenters. The van der Waals surface area contributed by atoms with Crippen molar-refractivity contribution in [3.8, 4) is 0 Å². The lowest BCUT2D eigenvalue weighted by Crippen LogP contribution is -2.29. The van der Waals surface area contributed by atoms with Crippen LogP contribution in [0.3, 0.4) is 0 Å². The van der Waals surface area contributed by atoms with E-state index >= 15 is 0 Å². The average Bonchev–Trinajstić information content (AvgIpc) is 3.35. The van der Waals surface area contributed by atoms with E-state index in [0.29, 0.717) is 6.42 Å². The Morgan fingerprint density at radius 2 is 0.614 bits per heavy atom. The van der Waals surface area contributed by atoms with Crippen molar-refractivity contribution in [3.05, 3.63) is 0 Å². The summed E-state index contributed by atoms with van der Waals surface area (Å²) in [6, 6.07) is 0. The second-order valence-corrected chi connectivity index (χ2v) is 22.8. The van der Waals surface area contributed by atoms with Gasteiger partial charge < -0.3 is 20.1 Å². The number of hydrogen-bond donors (Lipinski definition) is 2. The molecule has 0 rings (SSSR count). The SMILES string of the molecule is CCCCCCCCCCCCCCCCCCCCCCCCCCCCCCCCCCCCCCCC(=O)OC(COC(=O)CCCCCCCCCCCCCC)COP(=O)(O)OCCN. The topological polar surface area (TPSA) is 134 Å². The van der Waals surface area contributed by atoms with Gasteiger partial charge in [-0.1, -0.05) is 316 Å². The molecule has 0 amide bonds. The van der Waals surface area contributed by atoms with Gasteiger partial charge in [-0.05, 0) is 12.8 Å². The van der Waals surface area contributed by atoms with E-state index in [-0.39, 0.29) is 38.6 Å². The summed E-state index contributed by atoms with van der Waals surface area (Å²) in [5, 5.41) is 0. The summed E-state index contributed by atoms with van der Waals surface area (Å²) in [7, 11) is -4.38. The van der Waals surface area contributed by atoms with Gasteiger partial charge in [0.1, 0.15) is 6.61 Å². The largest absolute Gasteiger partial charge is 0.472 e. The summed E-state index contributed by atoms with van der Waals surface area (Å²) in [4.78, 5) is 35.1. The molecule has 0 aliphatic heterocycles. The fraction of sp³-hybridized carbons (Fsp3) is 0.967. The van der Waals surface area contributed by atoms with Gasteiger partial charge in [0.15, 0.2) is 6.10 Å². The lowest BCUT2D eigenvalue weighted by Gasteiger charge is -2.19. The van der Waals surface area contributed by atoms with Crippen LogP contribution in [0.2, 0.25) is 0 Å². The molecule has 0 bridgehead atoms. The van der Waals surface area contributed by atoms with Gasteiger partial charge in [-0.25, -0.2) is 4.57 Å². The highest BCUT2D eigenvalue weighted by Crippen LogP contribution is 2.43. The number of phosphoric acid groups is 1. The van der Waals surface area contributed by atoms with Crippen LogP contribution in [-0.4, -0.2) is 49.3 Å². The second-order valence-electron chi connectivity index (χ2n) is 21.3. The Morgan fingerprint density at radius 1 is 0.371 bits per heavy atom. The number of carbonyl (C=O) groups excluding carboxylic acids is 2. The fourth-order valence-electron chi connectivity index (χ4n) is 9.64. The van der Waals surface area contributed by atoms with Gasteiger partial charge in [-0.15, -0.1) is 0 Å². The molecular formula is C60H120NO8P. The Hall–Kier alpha value is -0.990. The third kappa shape index (κ3) is 56.3. The standard InChI is InChI=1S/C60H120NO8P/c1-3-5-7-9-11-13-15-17-18-19-20-21-22-23-24-25-26-27-28-29-30-31-32-33-34-35-36-37-38-39-40-41-43-45-47-49-51-53-60(63)69-58(57-68-70(64,65)67-55-54-61)56-66-59(62)52-50-48-46-44-42-16-14-12-10-8-6-4-2/h58H,3-57,61H2,1-2H3,(H,64,65). The smallest absolute Gasteiger partial charge is 0.462 e. The van der Waals surface area contributed by atoms with E-state index < -0.39 is 26.5 Å². The number of hydrogen-bond acceptors (Lipinski definition) is 8. The third-order valence-corrected chi connectivity index (χ3v) is 15.2. The summed E-state index contributed by atoms with van der Waals surface area (Å²) < 4.78 is 33.0. The normalized spacial score (nSPS) is 12.9. The number of esters is 2. The molecule has 0 radical (unpaired) electrons. The molecule has 70 heavy (non-hydrogen) atoms. The van der Waals surface area contributed by atoms with Gasteiger partial charge in [0.25, 0.3) is 0 Å². The van der Waals surface area contributed by atoms with E-state index in [1.165, 1.54) is 276 Å². The highest BCUT2D eigenvalue weighted by atomic mass is 31.2. The average molecular weight is 1010 g/mol. The molecule has 0 saturated carbocycles. The number of ether oxygens (including phenoxy) is 2. The van der Waals surface area contributed by atoms with E-state index in [9.17, 15) is 19.0 Å². The lowest BCUT2D eigenvalue weighted by molar-refractivity contribution is -0.161. The van der Waals surface area contributed by atoms with Crippen LogP contribution in [0.15, 0.2) is 0 Å². The Kier molecular flexibility index (Phi) is 56.5. The van der Waals surface area contributed by atoms with Gasteiger partial charge in [0.05, 0.1) is 13.2 Å². The zero-order valence-corrected chi connectivity index (χ0v) is 47.7. The molecule has 0 fully saturated rings. The number of rotatable bonds is 60. The van der Waals surface area contributed by atoms with Crippen molar-refractivity contribution in [1.29, 1.82) is 0 Å². The van der Waals surface area contributed by atoms with Crippen LogP contribution >= 0.6 is 7.82 Å². The van der Waals surface area contributed by atoms with E-state index in [0.717, 1.165) is 32.1 Å². The Balaban J connectivity index is 3.70. The molecule has 0 aromatic rings. The summed E-state index contributed by atoms with van der Waals surface area (Å²) >= 11 is 0. The van der Waals surface area contributed by atoms with Gasteiger partial charge in [-0.3, -0.25) is 18.6 Å². The number of unbranched alkanes of at least 4 members (excludes halogenated alkanes) is 47. The molecule has 0 spiro atoms. The lowest BCUT2D eigenvalue weighted by atomic mass is 10.0. The summed E-state index contributed by atoms with van der Waals surface area (Å²) in [5.41, 5.74) is 5.37. The van der Waals surface area contributed by atoms with Gasteiger partial charge in [-0.2, -0.15) is 0 Å². The van der Waals surface area contributed by atoms with Crippen molar-refractivity contribution >= 4 is 19.8 Å². The van der Waals surface area contributed by atoms with Crippen LogP contribution < -0.4 is 5.73 Å². The van der Waals surface area contributed by atoms with Crippen LogP contribution in [0.25, 0.3) is 0 Å². The summed E-state index contributed by atoms with van der Waals surface area (Å²) in [6.45, 7) is 3.80. The first-order valence-electron chi connectivity index (χ1n) is 31.0. The maximum Gasteiger partial charge on any atom is 0.472 e. The summed E-state index contributed by atoms with van der Waals surface area (Å²) in [6.07, 6.45) is 65.0. The van der Waals surface area contributed by atoms with Crippen LogP contribution in [0, 0.1) is 0 Å². The Bertz CT molecular complexity index is 1110. The molecule has 418 valence electrons. The van der Waals surface area contributed by atoms with E-state index in [1.54, 1.807) is 0 Å². The fourth-order valence-corrected chi connectivity index (χ4v) is 10.4. The van der Waals surface area contributed by atoms with Crippen molar-refractivity contribution in [3.63, 3.8) is 0 Å². The maximum absolute atomic E-state index is 12.7. The molecule has 0 aliphatic rings. The molecule has 0 aromatic heterocycles. The first-order valence-corrected chi connectivity index (χ1v) is 32.5. The van der Waals surface area contributed by atoms with E-state index in [2.05, 4.69) is 13.8 Å². The molecule has 0 saturated heterocycles. The van der Waals surface area contributed by atoms with Gasteiger partial charge in [0.2, 0.25) is 0 Å². The minimum atomic E-state index is -4.38. The highest BCUT2D eigenvalue weighted by molar-refractivity contribution is 7.47. The van der Waals surface area contributed by atoms with Crippen molar-refractivity contribution < 1.29 is 37.6 Å². The molecule has 2 atom stereocenters. The minimum absolute atomic E-state index is 0.0584. The molecule has 0 heterocycles. The zero-order chi connectivity index (χ0) is 51.0. The summed E-state index contributed by atoms with van der Waals surface area (Å²) in [5.74, 6) is -0.806. The second kappa shape index (κ2) is 57.3. The first-order chi connectivity index (χ1) is 34.3. The number of carbonyl (C=O) groups is 2. The van der Waals surface area contributed by atoms with E-state index in [4.69, 9.17) is 24.3 Å². The monoisotopic (exact) mass is 1010 g/mol. The molecular weight excluding hydrogens is 894 g/mol. The Labute approximate surface area is 435 Å². The van der Waals surface area contributed by atoms with Gasteiger partial charge in [0, 0.05) is 19.4 Å². The molecule has 0 aromatic carbocycles. The predicted octanol–water partition coefficient (Wildman–Crippen LogP) is 19.5. The number of phosphoric ester groups is 1. The third-order valence-electron chi connectivity index (χ3n) is 14.2. The molecule has 0 aliphatic carbocycles. The predicted molar refractivity (Wildman–Crippen MR) is 298 cm³/mol. The van der Waals surface area contributed by atoms with Gasteiger partial charge >= 0.3 is 19.8 Å². The highest BCUT2D eigenvalue weighted by Gasteiger charge is 2.26. The van der Waals surface area contributed by atoms with Crippen LogP contribution in [0.4, 0.5) is 0 Å². The zero-order valence-electron chi connectivity index (χ0n) is 46.8. The van der Waals surface area contributed by atoms with Crippen LogP contribution in [0.5, 0.6) is 0 Å². The van der Waals surface area contributed by atoms with Crippen molar-refractivity contribution in [2.75, 3.05) is 26.4 Å². The molecule has 10 heteroatoms. The van der Waals surface area contributed by atoms with Crippen LogP contribution in [-0.2, 0) is 32.7 Å². The van der Waals surface area contributed by atoms with E-state index in [1.807, 2.05) is 0 Å². The minimum Gasteiger partial charge on any atom is -0.462 e. The quantitative estimate of drug-likeness (QED) is 0.0347. The van der Waals surface area contributed by atoms with Crippen molar-refractivity contribution in [2.24, 2.45) is 5.73 Å². The molecule has 3 N–H and O–H groups in total. The molecule has 9 nitrogen and oxygen atoms in total. The maximum atomic E-state index is 12.7. The first kappa shape index (κ1) is 69.0. The van der Waals surface area contributed by atoms with Crippen molar-refractivity contribution in [1.82, 2.24) is 0 Å². The van der Waals surface area contributed by atoms with Crippen LogP contribution in [0.1, 0.15) is 341 Å².